The molecule has 2 aromatic carbocycles. The summed E-state index contributed by atoms with van der Waals surface area (Å²) in [4.78, 5) is 12.1. The molecule has 0 bridgehead atoms. The van der Waals surface area contributed by atoms with E-state index >= 15 is 0 Å². The highest BCUT2D eigenvalue weighted by Gasteiger charge is 2.23. The van der Waals surface area contributed by atoms with Crippen LogP contribution in [0.5, 0.6) is 0 Å². The summed E-state index contributed by atoms with van der Waals surface area (Å²) in [6, 6.07) is 10.1. The van der Waals surface area contributed by atoms with Gasteiger partial charge in [-0.15, -0.1) is 0 Å². The molecule has 0 saturated carbocycles. The molecular formula is C16H15Cl2FN2O3S. The molecule has 9 heteroatoms. The number of amides is 1. The van der Waals surface area contributed by atoms with Crippen molar-refractivity contribution < 1.29 is 17.6 Å². The average Bonchev–Trinajstić information content (AvgIpc) is 2.51. The molecular weight excluding hydrogens is 390 g/mol. The number of halogens is 3. The van der Waals surface area contributed by atoms with E-state index < -0.39 is 28.3 Å². The summed E-state index contributed by atoms with van der Waals surface area (Å²) < 4.78 is 38.5. The van der Waals surface area contributed by atoms with Gasteiger partial charge in [-0.05, 0) is 29.8 Å². The zero-order valence-corrected chi connectivity index (χ0v) is 15.5. The maximum atomic E-state index is 13.9. The van der Waals surface area contributed by atoms with Crippen LogP contribution >= 0.6 is 23.2 Å². The normalized spacial score (nSPS) is 11.2. The van der Waals surface area contributed by atoms with Gasteiger partial charge in [0.15, 0.2) is 0 Å². The molecule has 1 amide bonds. The van der Waals surface area contributed by atoms with Gasteiger partial charge in [-0.3, -0.25) is 9.10 Å². The number of hydrogen-bond acceptors (Lipinski definition) is 3. The van der Waals surface area contributed by atoms with Crippen molar-refractivity contribution in [3.05, 3.63) is 63.9 Å². The zero-order valence-electron chi connectivity index (χ0n) is 13.2. The molecule has 0 unspecified atom stereocenters. The fraction of sp³-hybridized carbons (Fsp3) is 0.188. The van der Waals surface area contributed by atoms with Crippen LogP contribution in [0.2, 0.25) is 10.0 Å². The van der Waals surface area contributed by atoms with Crippen molar-refractivity contribution in [3.8, 4) is 0 Å². The molecule has 0 aliphatic heterocycles. The first-order valence-corrected chi connectivity index (χ1v) is 9.72. The molecule has 134 valence electrons. The third-order valence-electron chi connectivity index (χ3n) is 3.30. The lowest BCUT2D eigenvalue weighted by molar-refractivity contribution is -0.119. The second-order valence-electron chi connectivity index (χ2n) is 5.23. The minimum Gasteiger partial charge on any atom is -0.350 e. The molecule has 0 aromatic heterocycles. The maximum absolute atomic E-state index is 13.9. The van der Waals surface area contributed by atoms with Crippen LogP contribution in [0.4, 0.5) is 10.1 Å². The van der Waals surface area contributed by atoms with Crippen molar-refractivity contribution >= 4 is 44.8 Å². The van der Waals surface area contributed by atoms with E-state index in [1.807, 2.05) is 0 Å². The Balaban J connectivity index is 2.11. The standard InChI is InChI=1S/C16H15Cl2FN2O3S/c1-25(23,24)21(15-5-3-2-4-14(15)19)10-16(22)20-9-11-6-7-12(17)8-13(11)18/h2-8H,9-10H2,1H3,(H,20,22). The lowest BCUT2D eigenvalue weighted by atomic mass is 10.2. The van der Waals surface area contributed by atoms with Crippen molar-refractivity contribution in [3.63, 3.8) is 0 Å². The number of nitrogens with zero attached hydrogens (tertiary/aromatic N) is 1. The highest BCUT2D eigenvalue weighted by atomic mass is 35.5. The van der Waals surface area contributed by atoms with Crippen LogP contribution in [0, 0.1) is 5.82 Å². The van der Waals surface area contributed by atoms with E-state index in [1.165, 1.54) is 24.3 Å². The molecule has 25 heavy (non-hydrogen) atoms. The molecule has 0 saturated heterocycles. The van der Waals surface area contributed by atoms with Gasteiger partial charge in [-0.1, -0.05) is 41.4 Å². The van der Waals surface area contributed by atoms with Gasteiger partial charge in [0.2, 0.25) is 15.9 Å². The summed E-state index contributed by atoms with van der Waals surface area (Å²) in [5.74, 6) is -1.33. The molecule has 0 fully saturated rings. The molecule has 1 N–H and O–H groups in total. The van der Waals surface area contributed by atoms with E-state index in [-0.39, 0.29) is 12.2 Å². The summed E-state index contributed by atoms with van der Waals surface area (Å²) in [6.07, 6.45) is 0.906. The van der Waals surface area contributed by atoms with Crippen molar-refractivity contribution in [2.24, 2.45) is 0 Å². The monoisotopic (exact) mass is 404 g/mol. The Morgan fingerprint density at radius 2 is 1.88 bits per heavy atom. The SMILES string of the molecule is CS(=O)(=O)N(CC(=O)NCc1ccc(Cl)cc1Cl)c1ccccc1F. The quantitative estimate of drug-likeness (QED) is 0.803. The van der Waals surface area contributed by atoms with Crippen LogP contribution in [-0.4, -0.2) is 27.1 Å². The molecule has 2 rings (SSSR count). The minimum atomic E-state index is -3.84. The predicted octanol–water partition coefficient (Wildman–Crippen LogP) is 3.21. The number of benzene rings is 2. The molecule has 0 spiro atoms. The van der Waals surface area contributed by atoms with Gasteiger partial charge in [-0.25, -0.2) is 12.8 Å². The second-order valence-corrected chi connectivity index (χ2v) is 7.98. The van der Waals surface area contributed by atoms with Crippen molar-refractivity contribution in [2.45, 2.75) is 6.54 Å². The Labute approximate surface area is 155 Å². The molecule has 0 radical (unpaired) electrons. The van der Waals surface area contributed by atoms with Crippen LogP contribution < -0.4 is 9.62 Å². The van der Waals surface area contributed by atoms with Crippen LogP contribution in [0.1, 0.15) is 5.56 Å². The summed E-state index contributed by atoms with van der Waals surface area (Å²) >= 11 is 11.8. The summed E-state index contributed by atoms with van der Waals surface area (Å²) in [7, 11) is -3.84. The summed E-state index contributed by atoms with van der Waals surface area (Å²) in [5.41, 5.74) is 0.431. The van der Waals surface area contributed by atoms with Gasteiger partial charge >= 0.3 is 0 Å². The highest BCUT2D eigenvalue weighted by Crippen LogP contribution is 2.22. The Bertz CT molecular complexity index is 891. The Kier molecular flexibility index (Phi) is 6.26. The zero-order chi connectivity index (χ0) is 18.6. The van der Waals surface area contributed by atoms with Crippen molar-refractivity contribution in [1.29, 1.82) is 0 Å². The molecule has 2 aromatic rings. The first kappa shape index (κ1) is 19.5. The number of para-hydroxylation sites is 1. The van der Waals surface area contributed by atoms with Crippen molar-refractivity contribution in [1.82, 2.24) is 5.32 Å². The first-order valence-electron chi connectivity index (χ1n) is 7.11. The number of anilines is 1. The third-order valence-corrected chi connectivity index (χ3v) is 5.01. The molecule has 0 atom stereocenters. The van der Waals surface area contributed by atoms with Gasteiger partial charge in [0.05, 0.1) is 11.9 Å². The van der Waals surface area contributed by atoms with Crippen LogP contribution in [0.25, 0.3) is 0 Å². The second kappa shape index (κ2) is 8.03. The number of carbonyl (C=O) groups is 1. The van der Waals surface area contributed by atoms with E-state index in [0.29, 0.717) is 19.9 Å². The predicted molar refractivity (Wildman–Crippen MR) is 96.9 cm³/mol. The third kappa shape index (κ3) is 5.32. The largest absolute Gasteiger partial charge is 0.350 e. The summed E-state index contributed by atoms with van der Waals surface area (Å²) in [5, 5.41) is 3.39. The average molecular weight is 405 g/mol. The lowest BCUT2D eigenvalue weighted by Gasteiger charge is -2.22. The van der Waals surface area contributed by atoms with E-state index in [2.05, 4.69) is 5.32 Å². The van der Waals surface area contributed by atoms with Crippen LogP contribution in [-0.2, 0) is 21.4 Å². The maximum Gasteiger partial charge on any atom is 0.241 e. The number of nitrogens with one attached hydrogen (secondary N) is 1. The van der Waals surface area contributed by atoms with Gasteiger partial charge in [-0.2, -0.15) is 0 Å². The van der Waals surface area contributed by atoms with Gasteiger partial charge in [0.25, 0.3) is 0 Å². The number of rotatable bonds is 6. The lowest BCUT2D eigenvalue weighted by Crippen LogP contribution is -2.40. The van der Waals surface area contributed by atoms with Gasteiger partial charge < -0.3 is 5.32 Å². The number of carbonyl (C=O) groups excluding carboxylic acids is 1. The van der Waals surface area contributed by atoms with Gasteiger partial charge in [0, 0.05) is 16.6 Å². The highest BCUT2D eigenvalue weighted by molar-refractivity contribution is 7.92. The molecule has 0 aliphatic rings. The van der Waals surface area contributed by atoms with Crippen LogP contribution in [0.3, 0.4) is 0 Å². The fourth-order valence-electron chi connectivity index (χ4n) is 2.08. The van der Waals surface area contributed by atoms with Crippen LogP contribution in [0.15, 0.2) is 42.5 Å². The minimum absolute atomic E-state index is 0.0870. The number of sulfonamides is 1. The topological polar surface area (TPSA) is 66.5 Å². The fourth-order valence-corrected chi connectivity index (χ4v) is 3.41. The molecule has 0 aliphatic carbocycles. The van der Waals surface area contributed by atoms with Crippen molar-refractivity contribution in [2.75, 3.05) is 17.1 Å². The van der Waals surface area contributed by atoms with E-state index in [4.69, 9.17) is 23.2 Å². The Morgan fingerprint density at radius 3 is 2.48 bits per heavy atom. The Morgan fingerprint density at radius 1 is 1.20 bits per heavy atom. The van der Waals surface area contributed by atoms with E-state index in [0.717, 1.165) is 12.3 Å². The summed E-state index contributed by atoms with van der Waals surface area (Å²) in [6.45, 7) is -0.464. The van der Waals surface area contributed by atoms with Gasteiger partial charge in [0.1, 0.15) is 12.4 Å². The molecule has 0 heterocycles. The van der Waals surface area contributed by atoms with E-state index in [1.54, 1.807) is 12.1 Å². The van der Waals surface area contributed by atoms with E-state index in [9.17, 15) is 17.6 Å². The molecule has 5 nitrogen and oxygen atoms in total. The Hall–Kier alpha value is -1.83. The smallest absolute Gasteiger partial charge is 0.241 e. The first-order chi connectivity index (χ1) is 11.7. The number of hydrogen-bond donors (Lipinski definition) is 1.